The molecule has 2 saturated heterocycles. The minimum atomic E-state index is -0.272. The molecule has 6 rings (SSSR count). The van der Waals surface area contributed by atoms with Crippen LogP contribution in [0.2, 0.25) is 0 Å². The molecule has 8 heteroatoms. The van der Waals surface area contributed by atoms with Crippen LogP contribution in [0.25, 0.3) is 28.2 Å². The van der Waals surface area contributed by atoms with Gasteiger partial charge >= 0.3 is 0 Å². The molecule has 3 aromatic heterocycles. The molecular formula is C23H22FN7. The maximum atomic E-state index is 13.5. The van der Waals surface area contributed by atoms with Gasteiger partial charge in [-0.15, -0.1) is 5.10 Å². The molecule has 0 spiro atoms. The fourth-order valence-corrected chi connectivity index (χ4v) is 4.79. The lowest BCUT2D eigenvalue weighted by atomic mass is 10.1. The highest BCUT2D eigenvalue weighted by Gasteiger charge is 2.31. The number of hydrogen-bond acceptors (Lipinski definition) is 6. The molecular weight excluding hydrogens is 393 g/mol. The summed E-state index contributed by atoms with van der Waals surface area (Å²) in [5.41, 5.74) is 4.03. The molecule has 5 heterocycles. The van der Waals surface area contributed by atoms with Gasteiger partial charge in [0, 0.05) is 36.8 Å². The minimum Gasteiger partial charge on any atom is -0.352 e. The number of fused-ring (bicyclic) bond motifs is 2. The van der Waals surface area contributed by atoms with Gasteiger partial charge in [0.05, 0.1) is 18.1 Å². The largest absolute Gasteiger partial charge is 0.352 e. The zero-order valence-corrected chi connectivity index (χ0v) is 17.0. The van der Waals surface area contributed by atoms with Crippen molar-refractivity contribution in [2.24, 2.45) is 0 Å². The Hall–Kier alpha value is -3.39. The molecule has 0 radical (unpaired) electrons. The number of benzene rings is 1. The van der Waals surface area contributed by atoms with E-state index in [-0.39, 0.29) is 5.82 Å². The molecule has 0 aliphatic carbocycles. The van der Waals surface area contributed by atoms with E-state index in [2.05, 4.69) is 26.1 Å². The predicted molar refractivity (Wildman–Crippen MR) is 116 cm³/mol. The Morgan fingerprint density at radius 3 is 2.65 bits per heavy atom. The van der Waals surface area contributed by atoms with Gasteiger partial charge in [0.2, 0.25) is 0 Å². The third-order valence-corrected chi connectivity index (χ3v) is 6.35. The fourth-order valence-electron chi connectivity index (χ4n) is 4.79. The topological polar surface area (TPSA) is 62.5 Å². The third kappa shape index (κ3) is 3.23. The van der Waals surface area contributed by atoms with Crippen LogP contribution >= 0.6 is 0 Å². The first-order valence-electron chi connectivity index (χ1n) is 10.7. The van der Waals surface area contributed by atoms with Crippen molar-refractivity contribution in [2.75, 3.05) is 31.1 Å². The van der Waals surface area contributed by atoms with E-state index in [1.54, 1.807) is 24.5 Å². The maximum Gasteiger partial charge on any atom is 0.155 e. The molecule has 0 saturated carbocycles. The maximum absolute atomic E-state index is 13.5. The van der Waals surface area contributed by atoms with E-state index in [1.807, 2.05) is 16.6 Å². The second kappa shape index (κ2) is 7.39. The third-order valence-electron chi connectivity index (χ3n) is 6.35. The predicted octanol–water partition coefficient (Wildman–Crippen LogP) is 3.28. The Balaban J connectivity index is 1.48. The van der Waals surface area contributed by atoms with E-state index in [9.17, 15) is 4.39 Å². The van der Waals surface area contributed by atoms with Crippen molar-refractivity contribution in [3.63, 3.8) is 0 Å². The van der Waals surface area contributed by atoms with Gasteiger partial charge in [-0.25, -0.2) is 13.9 Å². The number of rotatable bonds is 3. The molecule has 1 atom stereocenters. The summed E-state index contributed by atoms with van der Waals surface area (Å²) in [6.45, 7) is 4.27. The number of anilines is 1. The summed E-state index contributed by atoms with van der Waals surface area (Å²) < 4.78 is 15.4. The van der Waals surface area contributed by atoms with Crippen LogP contribution in [0.5, 0.6) is 0 Å². The van der Waals surface area contributed by atoms with Crippen LogP contribution < -0.4 is 4.90 Å². The lowest BCUT2D eigenvalue weighted by Crippen LogP contribution is -2.50. The van der Waals surface area contributed by atoms with Crippen molar-refractivity contribution in [1.82, 2.24) is 29.7 Å². The van der Waals surface area contributed by atoms with Gasteiger partial charge in [-0.1, -0.05) is 0 Å². The van der Waals surface area contributed by atoms with Gasteiger partial charge in [-0.2, -0.15) is 10.2 Å². The van der Waals surface area contributed by atoms with E-state index < -0.39 is 0 Å². The van der Waals surface area contributed by atoms with E-state index >= 15 is 0 Å². The van der Waals surface area contributed by atoms with Crippen molar-refractivity contribution >= 4 is 11.5 Å². The summed E-state index contributed by atoms with van der Waals surface area (Å²) in [5.74, 6) is 0.677. The number of nitrogens with zero attached hydrogens (tertiary/aromatic N) is 7. The molecule has 2 aliphatic heterocycles. The van der Waals surface area contributed by atoms with Crippen molar-refractivity contribution in [2.45, 2.75) is 18.9 Å². The number of imidazole rings is 1. The monoisotopic (exact) mass is 415 g/mol. The molecule has 1 aromatic carbocycles. The van der Waals surface area contributed by atoms with Gasteiger partial charge < -0.3 is 4.90 Å². The Labute approximate surface area is 179 Å². The molecule has 156 valence electrons. The summed E-state index contributed by atoms with van der Waals surface area (Å²) in [5, 5.41) is 13.0. The van der Waals surface area contributed by atoms with Crippen molar-refractivity contribution in [3.05, 3.63) is 60.7 Å². The van der Waals surface area contributed by atoms with Gasteiger partial charge in [0.15, 0.2) is 5.65 Å². The van der Waals surface area contributed by atoms with Crippen LogP contribution in [-0.4, -0.2) is 61.9 Å². The second-order valence-electron chi connectivity index (χ2n) is 8.19. The summed E-state index contributed by atoms with van der Waals surface area (Å²) in [6, 6.07) is 13.0. The Morgan fingerprint density at radius 1 is 0.903 bits per heavy atom. The zero-order chi connectivity index (χ0) is 20.8. The van der Waals surface area contributed by atoms with E-state index in [4.69, 9.17) is 10.1 Å². The molecule has 0 bridgehead atoms. The lowest BCUT2D eigenvalue weighted by Gasteiger charge is -2.38. The van der Waals surface area contributed by atoms with Crippen LogP contribution in [-0.2, 0) is 0 Å². The highest BCUT2D eigenvalue weighted by atomic mass is 19.1. The SMILES string of the molecule is Fc1ccc(-c2nc3ccc(N4CCN5CCCC5C4)nn3c2-c2ccnnc2)cc1. The Morgan fingerprint density at radius 2 is 1.81 bits per heavy atom. The molecule has 1 unspecified atom stereocenters. The number of piperazine rings is 1. The van der Waals surface area contributed by atoms with Crippen LogP contribution in [0.15, 0.2) is 54.9 Å². The summed E-state index contributed by atoms with van der Waals surface area (Å²) in [4.78, 5) is 9.79. The van der Waals surface area contributed by atoms with Gasteiger partial charge in [0.25, 0.3) is 0 Å². The first-order chi connectivity index (χ1) is 15.3. The molecule has 0 amide bonds. The molecule has 2 fully saturated rings. The number of hydrogen-bond donors (Lipinski definition) is 0. The second-order valence-corrected chi connectivity index (χ2v) is 8.19. The van der Waals surface area contributed by atoms with Crippen LogP contribution in [0.3, 0.4) is 0 Å². The Bertz CT molecular complexity index is 1220. The van der Waals surface area contributed by atoms with Crippen molar-refractivity contribution < 1.29 is 4.39 Å². The molecule has 31 heavy (non-hydrogen) atoms. The molecule has 4 aromatic rings. The average molecular weight is 415 g/mol. The lowest BCUT2D eigenvalue weighted by molar-refractivity contribution is 0.230. The number of aromatic nitrogens is 5. The van der Waals surface area contributed by atoms with Crippen molar-refractivity contribution in [3.8, 4) is 22.5 Å². The van der Waals surface area contributed by atoms with Gasteiger partial charge in [-0.3, -0.25) is 4.90 Å². The van der Waals surface area contributed by atoms with Crippen molar-refractivity contribution in [1.29, 1.82) is 0 Å². The van der Waals surface area contributed by atoms with Crippen LogP contribution in [0, 0.1) is 5.82 Å². The summed E-state index contributed by atoms with van der Waals surface area (Å²) in [6.07, 6.45) is 5.91. The van der Waals surface area contributed by atoms with E-state index in [0.29, 0.717) is 6.04 Å². The van der Waals surface area contributed by atoms with E-state index in [0.717, 1.165) is 53.6 Å². The Kier molecular flexibility index (Phi) is 4.38. The van der Waals surface area contributed by atoms with Gasteiger partial charge in [-0.05, 0) is 61.9 Å². The smallest absolute Gasteiger partial charge is 0.155 e. The first-order valence-corrected chi connectivity index (χ1v) is 10.7. The minimum absolute atomic E-state index is 0.272. The fraction of sp³-hybridized carbons (Fsp3) is 0.304. The van der Waals surface area contributed by atoms with Gasteiger partial charge in [0.1, 0.15) is 17.3 Å². The standard InChI is InChI=1S/C23H22FN7/c24-18-5-3-16(4-6-18)22-23(17-9-10-25-26-14-17)31-20(27-22)7-8-21(28-31)30-13-12-29-11-1-2-19(29)15-30/h3-10,14,19H,1-2,11-13,15H2. The number of halogens is 1. The highest BCUT2D eigenvalue weighted by Crippen LogP contribution is 2.33. The first kappa shape index (κ1) is 18.4. The van der Waals surface area contributed by atoms with Crippen LogP contribution in [0.4, 0.5) is 10.2 Å². The quantitative estimate of drug-likeness (QED) is 0.512. The average Bonchev–Trinajstić information content (AvgIpc) is 3.43. The molecule has 2 aliphatic rings. The summed E-state index contributed by atoms with van der Waals surface area (Å²) >= 11 is 0. The van der Waals surface area contributed by atoms with E-state index in [1.165, 1.54) is 31.5 Å². The normalized spacial score (nSPS) is 19.1. The zero-order valence-electron chi connectivity index (χ0n) is 17.0. The van der Waals surface area contributed by atoms with Crippen LogP contribution in [0.1, 0.15) is 12.8 Å². The molecule has 0 N–H and O–H groups in total. The summed E-state index contributed by atoms with van der Waals surface area (Å²) in [7, 11) is 0. The highest BCUT2D eigenvalue weighted by molar-refractivity contribution is 5.81. The molecule has 7 nitrogen and oxygen atoms in total.